The van der Waals surface area contributed by atoms with E-state index in [4.69, 9.17) is 11.6 Å². The molecule has 0 aromatic carbocycles. The molecule has 2 N–H and O–H groups in total. The second-order valence-corrected chi connectivity index (χ2v) is 3.03. The molecule has 5 nitrogen and oxygen atoms in total. The first-order valence-electron chi connectivity index (χ1n) is 4.09. The van der Waals surface area contributed by atoms with Crippen LogP contribution in [-0.2, 0) is 4.79 Å². The van der Waals surface area contributed by atoms with E-state index in [9.17, 15) is 4.79 Å². The lowest BCUT2D eigenvalue weighted by Gasteiger charge is -2.12. The number of carbonyl (C=O) groups excluding carboxylic acids is 1. The van der Waals surface area contributed by atoms with Crippen molar-refractivity contribution in [3.8, 4) is 0 Å². The van der Waals surface area contributed by atoms with Crippen molar-refractivity contribution in [3.63, 3.8) is 0 Å². The van der Waals surface area contributed by atoms with Gasteiger partial charge in [-0.3, -0.25) is 4.79 Å². The Bertz CT molecular complexity index is 331. The number of amides is 1. The second-order valence-electron chi connectivity index (χ2n) is 2.68. The van der Waals surface area contributed by atoms with E-state index in [1.54, 1.807) is 14.0 Å². The third-order valence-corrected chi connectivity index (χ3v) is 1.92. The van der Waals surface area contributed by atoms with Crippen molar-refractivity contribution in [1.82, 2.24) is 15.3 Å². The standard InChI is InChI=1S/C8H11ClN4O/c1-5(8(14)10-2)13-7-6(9)11-3-4-12-7/h3-5H,1-2H3,(H,10,14)(H,12,13). The number of anilines is 1. The van der Waals surface area contributed by atoms with Gasteiger partial charge in [-0.05, 0) is 6.92 Å². The molecule has 0 fully saturated rings. The number of halogens is 1. The molecule has 0 aliphatic heterocycles. The van der Waals surface area contributed by atoms with Gasteiger partial charge in [0, 0.05) is 19.4 Å². The quantitative estimate of drug-likeness (QED) is 0.777. The zero-order valence-corrected chi connectivity index (χ0v) is 8.67. The van der Waals surface area contributed by atoms with E-state index in [0.29, 0.717) is 5.82 Å². The zero-order valence-electron chi connectivity index (χ0n) is 7.91. The Morgan fingerprint density at radius 1 is 1.50 bits per heavy atom. The van der Waals surface area contributed by atoms with Gasteiger partial charge in [0.05, 0.1) is 0 Å². The van der Waals surface area contributed by atoms with Crippen molar-refractivity contribution >= 4 is 23.3 Å². The maximum Gasteiger partial charge on any atom is 0.241 e. The Kier molecular flexibility index (Phi) is 3.64. The molecule has 1 atom stereocenters. The van der Waals surface area contributed by atoms with Crippen LogP contribution < -0.4 is 10.6 Å². The van der Waals surface area contributed by atoms with Crippen LogP contribution in [0.25, 0.3) is 0 Å². The molecule has 1 heterocycles. The third kappa shape index (κ3) is 2.56. The van der Waals surface area contributed by atoms with Gasteiger partial charge in [-0.15, -0.1) is 0 Å². The van der Waals surface area contributed by atoms with E-state index < -0.39 is 6.04 Å². The first-order valence-corrected chi connectivity index (χ1v) is 4.47. The first kappa shape index (κ1) is 10.7. The molecule has 76 valence electrons. The molecule has 0 aliphatic rings. The molecule has 1 aromatic rings. The number of carbonyl (C=O) groups is 1. The van der Waals surface area contributed by atoms with Gasteiger partial charge in [-0.2, -0.15) is 0 Å². The summed E-state index contributed by atoms with van der Waals surface area (Å²) in [6, 6.07) is -0.394. The fraction of sp³-hybridized carbons (Fsp3) is 0.375. The lowest BCUT2D eigenvalue weighted by molar-refractivity contribution is -0.121. The fourth-order valence-electron chi connectivity index (χ4n) is 0.905. The summed E-state index contributed by atoms with van der Waals surface area (Å²) in [5, 5.41) is 5.61. The Morgan fingerprint density at radius 3 is 2.71 bits per heavy atom. The fourth-order valence-corrected chi connectivity index (χ4v) is 1.06. The lowest BCUT2D eigenvalue weighted by Crippen LogP contribution is -2.35. The van der Waals surface area contributed by atoms with E-state index in [2.05, 4.69) is 20.6 Å². The molecule has 0 radical (unpaired) electrons. The Morgan fingerprint density at radius 2 is 2.14 bits per heavy atom. The molecule has 0 bridgehead atoms. The number of aromatic nitrogens is 2. The lowest BCUT2D eigenvalue weighted by atomic mass is 10.3. The summed E-state index contributed by atoms with van der Waals surface area (Å²) < 4.78 is 0. The van der Waals surface area contributed by atoms with Crippen molar-refractivity contribution in [2.24, 2.45) is 0 Å². The molecule has 0 aliphatic carbocycles. The molecule has 14 heavy (non-hydrogen) atoms. The second kappa shape index (κ2) is 4.76. The molecule has 1 aromatic heterocycles. The van der Waals surface area contributed by atoms with Gasteiger partial charge in [0.1, 0.15) is 6.04 Å². The van der Waals surface area contributed by atoms with Crippen LogP contribution in [-0.4, -0.2) is 29.0 Å². The van der Waals surface area contributed by atoms with Crippen LogP contribution in [0.5, 0.6) is 0 Å². The summed E-state index contributed by atoms with van der Waals surface area (Å²) in [7, 11) is 1.57. The van der Waals surface area contributed by atoms with Crippen molar-refractivity contribution in [2.45, 2.75) is 13.0 Å². The van der Waals surface area contributed by atoms with Crippen molar-refractivity contribution in [3.05, 3.63) is 17.5 Å². The highest BCUT2D eigenvalue weighted by Crippen LogP contribution is 2.14. The number of rotatable bonds is 3. The maximum atomic E-state index is 11.2. The number of hydrogen-bond acceptors (Lipinski definition) is 4. The average Bonchev–Trinajstić information content (AvgIpc) is 2.20. The van der Waals surface area contributed by atoms with Crippen LogP contribution in [0.3, 0.4) is 0 Å². The average molecular weight is 215 g/mol. The Balaban J connectivity index is 2.69. The SMILES string of the molecule is CNC(=O)C(C)Nc1nccnc1Cl. The number of likely N-dealkylation sites (N-methyl/N-ethyl adjacent to an activating group) is 1. The van der Waals surface area contributed by atoms with Gasteiger partial charge in [-0.1, -0.05) is 11.6 Å². The van der Waals surface area contributed by atoms with Gasteiger partial charge in [0.25, 0.3) is 0 Å². The number of hydrogen-bond donors (Lipinski definition) is 2. The topological polar surface area (TPSA) is 66.9 Å². The largest absolute Gasteiger partial charge is 0.357 e. The predicted molar refractivity (Wildman–Crippen MR) is 54.2 cm³/mol. The van der Waals surface area contributed by atoms with E-state index >= 15 is 0 Å². The minimum Gasteiger partial charge on any atom is -0.357 e. The molecule has 0 saturated heterocycles. The molecular weight excluding hydrogens is 204 g/mol. The van der Waals surface area contributed by atoms with Crippen LogP contribution in [0, 0.1) is 0 Å². The van der Waals surface area contributed by atoms with E-state index in [0.717, 1.165) is 0 Å². The monoisotopic (exact) mass is 214 g/mol. The Labute approximate surface area is 86.9 Å². The van der Waals surface area contributed by atoms with Gasteiger partial charge >= 0.3 is 0 Å². The van der Waals surface area contributed by atoms with E-state index in [-0.39, 0.29) is 11.1 Å². The molecule has 1 rings (SSSR count). The highest BCUT2D eigenvalue weighted by atomic mass is 35.5. The smallest absolute Gasteiger partial charge is 0.241 e. The highest BCUT2D eigenvalue weighted by Gasteiger charge is 2.12. The predicted octanol–water partition coefficient (Wildman–Crippen LogP) is 0.676. The highest BCUT2D eigenvalue weighted by molar-refractivity contribution is 6.31. The minimum absolute atomic E-state index is 0.133. The van der Waals surface area contributed by atoms with E-state index in [1.807, 2.05) is 0 Å². The van der Waals surface area contributed by atoms with Gasteiger partial charge in [-0.25, -0.2) is 9.97 Å². The third-order valence-electron chi connectivity index (χ3n) is 1.65. The molecular formula is C8H11ClN4O. The normalized spacial score (nSPS) is 11.9. The summed E-state index contributed by atoms with van der Waals surface area (Å²) in [5.74, 6) is 0.275. The zero-order chi connectivity index (χ0) is 10.6. The number of nitrogens with zero attached hydrogens (tertiary/aromatic N) is 2. The summed E-state index contributed by atoms with van der Waals surface area (Å²) in [5.41, 5.74) is 0. The van der Waals surface area contributed by atoms with Crippen molar-refractivity contribution < 1.29 is 4.79 Å². The van der Waals surface area contributed by atoms with Crippen molar-refractivity contribution in [2.75, 3.05) is 12.4 Å². The van der Waals surface area contributed by atoms with Crippen LogP contribution >= 0.6 is 11.6 Å². The molecule has 0 saturated carbocycles. The van der Waals surface area contributed by atoms with Crippen LogP contribution in [0.1, 0.15) is 6.92 Å². The van der Waals surface area contributed by atoms with Gasteiger partial charge in [0.15, 0.2) is 11.0 Å². The Hall–Kier alpha value is -1.36. The minimum atomic E-state index is -0.394. The number of nitrogens with one attached hydrogen (secondary N) is 2. The molecule has 1 unspecified atom stereocenters. The summed E-state index contributed by atoms with van der Waals surface area (Å²) in [6.07, 6.45) is 2.99. The van der Waals surface area contributed by atoms with Gasteiger partial charge in [0.2, 0.25) is 5.91 Å². The molecule has 1 amide bonds. The first-order chi connectivity index (χ1) is 6.65. The molecule has 6 heteroatoms. The van der Waals surface area contributed by atoms with Crippen LogP contribution in [0.4, 0.5) is 5.82 Å². The van der Waals surface area contributed by atoms with Crippen LogP contribution in [0.15, 0.2) is 12.4 Å². The summed E-state index contributed by atoms with van der Waals surface area (Å²) >= 11 is 5.75. The van der Waals surface area contributed by atoms with E-state index in [1.165, 1.54) is 12.4 Å². The summed E-state index contributed by atoms with van der Waals surface area (Å²) in [4.78, 5) is 18.9. The van der Waals surface area contributed by atoms with Gasteiger partial charge < -0.3 is 10.6 Å². The molecule has 0 spiro atoms. The van der Waals surface area contributed by atoms with Crippen LogP contribution in [0.2, 0.25) is 5.15 Å². The maximum absolute atomic E-state index is 11.2. The summed E-state index contributed by atoms with van der Waals surface area (Å²) in [6.45, 7) is 1.71. The van der Waals surface area contributed by atoms with Crippen molar-refractivity contribution in [1.29, 1.82) is 0 Å².